The van der Waals surface area contributed by atoms with Gasteiger partial charge in [0.25, 0.3) is 0 Å². The summed E-state index contributed by atoms with van der Waals surface area (Å²) in [6.07, 6.45) is 0.264. The summed E-state index contributed by atoms with van der Waals surface area (Å²) >= 11 is 0. The summed E-state index contributed by atoms with van der Waals surface area (Å²) < 4.78 is 0. The standard InChI is InChI=1S/C6H5N2O2/c9-6(10)8-5-3-1-2-4-7-5/h1-4H,(H,9,10). The molecule has 1 radical (unpaired) electrons. The summed E-state index contributed by atoms with van der Waals surface area (Å²) in [6.45, 7) is 0. The molecule has 0 atom stereocenters. The SMILES string of the molecule is O=C(O)[N]c1ccccn1. The van der Waals surface area contributed by atoms with Crippen molar-refractivity contribution in [1.82, 2.24) is 10.3 Å². The quantitative estimate of drug-likeness (QED) is 0.627. The third-order valence-corrected chi connectivity index (χ3v) is 0.859. The van der Waals surface area contributed by atoms with Crippen molar-refractivity contribution in [2.45, 2.75) is 0 Å². The minimum absolute atomic E-state index is 0.218. The number of carbonyl (C=O) groups is 1. The Labute approximate surface area is 57.5 Å². The molecule has 4 nitrogen and oxygen atoms in total. The van der Waals surface area contributed by atoms with Crippen LogP contribution in [-0.2, 0) is 0 Å². The van der Waals surface area contributed by atoms with Crippen LogP contribution in [0.4, 0.5) is 10.6 Å². The Hall–Kier alpha value is -1.58. The molecule has 0 aliphatic carbocycles. The second-order valence-electron chi connectivity index (χ2n) is 1.58. The Morgan fingerprint density at radius 1 is 1.60 bits per heavy atom. The molecule has 0 spiro atoms. The van der Waals surface area contributed by atoms with Crippen molar-refractivity contribution in [3.8, 4) is 0 Å². The van der Waals surface area contributed by atoms with E-state index in [-0.39, 0.29) is 5.82 Å². The summed E-state index contributed by atoms with van der Waals surface area (Å²) in [5, 5.41) is 11.3. The van der Waals surface area contributed by atoms with E-state index < -0.39 is 6.09 Å². The van der Waals surface area contributed by atoms with Gasteiger partial charge in [0, 0.05) is 6.20 Å². The topological polar surface area (TPSA) is 64.3 Å². The highest BCUT2D eigenvalue weighted by Gasteiger charge is 1.98. The predicted octanol–water partition coefficient (Wildman–Crippen LogP) is 0.995. The van der Waals surface area contributed by atoms with Crippen LogP contribution < -0.4 is 5.32 Å². The number of hydrogen-bond acceptors (Lipinski definition) is 2. The van der Waals surface area contributed by atoms with Crippen molar-refractivity contribution >= 4 is 11.9 Å². The number of amides is 1. The van der Waals surface area contributed by atoms with Gasteiger partial charge in [0.05, 0.1) is 0 Å². The van der Waals surface area contributed by atoms with Gasteiger partial charge in [-0.1, -0.05) is 6.07 Å². The van der Waals surface area contributed by atoms with Crippen molar-refractivity contribution in [3.63, 3.8) is 0 Å². The lowest BCUT2D eigenvalue weighted by molar-refractivity contribution is 0.198. The van der Waals surface area contributed by atoms with Crippen LogP contribution in [0.5, 0.6) is 0 Å². The zero-order chi connectivity index (χ0) is 7.40. The molecule has 1 heterocycles. The van der Waals surface area contributed by atoms with Gasteiger partial charge >= 0.3 is 6.09 Å². The van der Waals surface area contributed by atoms with Crippen LogP contribution >= 0.6 is 0 Å². The molecule has 1 aromatic rings. The number of aromatic nitrogens is 1. The average molecular weight is 137 g/mol. The Bertz CT molecular complexity index is 222. The van der Waals surface area contributed by atoms with Crippen LogP contribution in [0.15, 0.2) is 24.4 Å². The van der Waals surface area contributed by atoms with E-state index in [0.29, 0.717) is 0 Å². The molecule has 0 bridgehead atoms. The van der Waals surface area contributed by atoms with Crippen molar-refractivity contribution in [2.24, 2.45) is 0 Å². The maximum atomic E-state index is 9.96. The third kappa shape index (κ3) is 1.74. The largest absolute Gasteiger partial charge is 0.463 e. The molecule has 0 aromatic carbocycles. The lowest BCUT2D eigenvalue weighted by Gasteiger charge is -1.91. The van der Waals surface area contributed by atoms with E-state index >= 15 is 0 Å². The van der Waals surface area contributed by atoms with Crippen LogP contribution in [0, 0.1) is 0 Å². The van der Waals surface area contributed by atoms with Gasteiger partial charge in [-0.3, -0.25) is 0 Å². The fraction of sp³-hybridized carbons (Fsp3) is 0. The Morgan fingerprint density at radius 2 is 2.40 bits per heavy atom. The van der Waals surface area contributed by atoms with Gasteiger partial charge in [-0.15, -0.1) is 0 Å². The van der Waals surface area contributed by atoms with Gasteiger partial charge in [0.2, 0.25) is 0 Å². The van der Waals surface area contributed by atoms with Gasteiger partial charge in [0.15, 0.2) is 5.82 Å². The molecule has 51 valence electrons. The normalized spacial score (nSPS) is 8.80. The highest BCUT2D eigenvalue weighted by molar-refractivity contribution is 5.69. The average Bonchev–Trinajstić information content (AvgIpc) is 1.88. The minimum Gasteiger partial charge on any atom is -0.463 e. The highest BCUT2D eigenvalue weighted by Crippen LogP contribution is 1.98. The lowest BCUT2D eigenvalue weighted by Crippen LogP contribution is -2.06. The molecule has 1 amide bonds. The predicted molar refractivity (Wildman–Crippen MR) is 34.1 cm³/mol. The van der Waals surface area contributed by atoms with E-state index in [2.05, 4.69) is 10.3 Å². The number of carboxylic acid groups (broad SMARTS) is 1. The van der Waals surface area contributed by atoms with Crippen LogP contribution in [-0.4, -0.2) is 16.2 Å². The Balaban J connectivity index is 2.67. The monoisotopic (exact) mass is 137 g/mol. The lowest BCUT2D eigenvalue weighted by atomic mass is 10.5. The third-order valence-electron chi connectivity index (χ3n) is 0.859. The van der Waals surface area contributed by atoms with Gasteiger partial charge < -0.3 is 5.11 Å². The summed E-state index contributed by atoms with van der Waals surface area (Å²) in [5.74, 6) is 0.218. The molecule has 10 heavy (non-hydrogen) atoms. The summed E-state index contributed by atoms with van der Waals surface area (Å²) in [5.41, 5.74) is 0. The molecular weight excluding hydrogens is 132 g/mol. The van der Waals surface area contributed by atoms with Crippen LogP contribution in [0.3, 0.4) is 0 Å². The van der Waals surface area contributed by atoms with Crippen LogP contribution in [0.1, 0.15) is 0 Å². The Morgan fingerprint density at radius 3 is 2.90 bits per heavy atom. The molecule has 0 aliphatic rings. The van der Waals surface area contributed by atoms with Gasteiger partial charge in [-0.2, -0.15) is 5.32 Å². The van der Waals surface area contributed by atoms with Gasteiger partial charge in [-0.25, -0.2) is 9.78 Å². The van der Waals surface area contributed by atoms with Crippen molar-refractivity contribution < 1.29 is 9.90 Å². The molecule has 0 unspecified atom stereocenters. The molecule has 0 fully saturated rings. The van der Waals surface area contributed by atoms with E-state index in [1.54, 1.807) is 12.1 Å². The summed E-state index contributed by atoms with van der Waals surface area (Å²) in [4.78, 5) is 13.6. The van der Waals surface area contributed by atoms with Gasteiger partial charge in [0.1, 0.15) is 0 Å². The second kappa shape index (κ2) is 2.82. The number of hydrogen-bond donors (Lipinski definition) is 1. The molecule has 1 aromatic heterocycles. The molecule has 4 heteroatoms. The molecule has 0 aliphatic heterocycles. The maximum Gasteiger partial charge on any atom is 0.433 e. The summed E-state index contributed by atoms with van der Waals surface area (Å²) in [6, 6.07) is 4.89. The van der Waals surface area contributed by atoms with E-state index in [0.717, 1.165) is 0 Å². The highest BCUT2D eigenvalue weighted by atomic mass is 16.4. The minimum atomic E-state index is -1.22. The maximum absolute atomic E-state index is 9.96. The first-order valence-electron chi connectivity index (χ1n) is 2.65. The van der Waals surface area contributed by atoms with Crippen molar-refractivity contribution in [1.29, 1.82) is 0 Å². The first kappa shape index (κ1) is 6.54. The van der Waals surface area contributed by atoms with E-state index in [4.69, 9.17) is 5.11 Å². The molecule has 0 saturated carbocycles. The Kier molecular flexibility index (Phi) is 1.84. The molecular formula is C6H5N2O2. The zero-order valence-corrected chi connectivity index (χ0v) is 5.06. The fourth-order valence-corrected chi connectivity index (χ4v) is 0.518. The summed E-state index contributed by atoms with van der Waals surface area (Å²) in [7, 11) is 0. The molecule has 0 saturated heterocycles. The van der Waals surface area contributed by atoms with Gasteiger partial charge in [-0.05, 0) is 12.1 Å². The van der Waals surface area contributed by atoms with Crippen LogP contribution in [0.25, 0.3) is 0 Å². The first-order valence-corrected chi connectivity index (χ1v) is 2.65. The zero-order valence-electron chi connectivity index (χ0n) is 5.06. The van der Waals surface area contributed by atoms with Crippen molar-refractivity contribution in [2.75, 3.05) is 0 Å². The number of pyridine rings is 1. The fourth-order valence-electron chi connectivity index (χ4n) is 0.518. The van der Waals surface area contributed by atoms with Crippen LogP contribution in [0.2, 0.25) is 0 Å². The van der Waals surface area contributed by atoms with E-state index in [1.165, 1.54) is 12.3 Å². The van der Waals surface area contributed by atoms with E-state index in [9.17, 15) is 4.79 Å². The smallest absolute Gasteiger partial charge is 0.433 e. The van der Waals surface area contributed by atoms with Crippen molar-refractivity contribution in [3.05, 3.63) is 24.4 Å². The van der Waals surface area contributed by atoms with E-state index in [1.807, 2.05) is 0 Å². The molecule has 1 rings (SSSR count). The number of nitrogens with zero attached hydrogens (tertiary/aromatic N) is 2. The first-order chi connectivity index (χ1) is 4.79. The second-order valence-corrected chi connectivity index (χ2v) is 1.58. The molecule has 1 N–H and O–H groups in total. The number of rotatable bonds is 1.